The van der Waals surface area contributed by atoms with Gasteiger partial charge in [-0.1, -0.05) is 23.3 Å². The molecule has 90 valence electrons. The highest BCUT2D eigenvalue weighted by Gasteiger charge is 2.13. The highest BCUT2D eigenvalue weighted by Crippen LogP contribution is 2.14. The molecule has 17 heavy (non-hydrogen) atoms. The van der Waals surface area contributed by atoms with Crippen molar-refractivity contribution in [3.05, 3.63) is 30.3 Å². The first kappa shape index (κ1) is 11.5. The first-order valence-corrected chi connectivity index (χ1v) is 5.56. The maximum absolute atomic E-state index is 9.01. The van der Waals surface area contributed by atoms with Gasteiger partial charge in [0.15, 0.2) is 0 Å². The molecule has 0 atom stereocenters. The summed E-state index contributed by atoms with van der Waals surface area (Å²) in [6, 6.07) is 9.68. The van der Waals surface area contributed by atoms with Crippen LogP contribution in [0.1, 0.15) is 6.92 Å². The van der Waals surface area contributed by atoms with Crippen molar-refractivity contribution < 1.29 is 5.11 Å². The lowest BCUT2D eigenvalue weighted by Crippen LogP contribution is -2.29. The largest absolute Gasteiger partial charge is 0.395 e. The number of tetrazole rings is 1. The summed E-state index contributed by atoms with van der Waals surface area (Å²) in [5.41, 5.74) is 0.906. The predicted molar refractivity (Wildman–Crippen MR) is 64.1 cm³/mol. The Morgan fingerprint density at radius 2 is 2.06 bits per heavy atom. The van der Waals surface area contributed by atoms with E-state index in [0.717, 1.165) is 12.2 Å². The van der Waals surface area contributed by atoms with Crippen LogP contribution in [0.5, 0.6) is 0 Å². The second kappa shape index (κ2) is 5.40. The van der Waals surface area contributed by atoms with Crippen molar-refractivity contribution >= 4 is 5.95 Å². The van der Waals surface area contributed by atoms with Crippen LogP contribution in [0.4, 0.5) is 5.95 Å². The molecule has 0 unspecified atom stereocenters. The summed E-state index contributed by atoms with van der Waals surface area (Å²) in [4.78, 5) is 1.92. The van der Waals surface area contributed by atoms with Crippen molar-refractivity contribution in [2.45, 2.75) is 6.92 Å². The van der Waals surface area contributed by atoms with Crippen LogP contribution in [0.3, 0.4) is 0 Å². The van der Waals surface area contributed by atoms with Crippen LogP contribution < -0.4 is 4.90 Å². The Balaban J connectivity index is 2.34. The molecule has 0 amide bonds. The standard InChI is InChI=1S/C11H15N5O/c1-2-15(8-9-17)11-12-13-14-16(11)10-6-4-3-5-7-10/h3-7,17H,2,8-9H2,1H3. The average Bonchev–Trinajstić information content (AvgIpc) is 2.86. The van der Waals surface area contributed by atoms with Crippen LogP contribution in [0.25, 0.3) is 5.69 Å². The summed E-state index contributed by atoms with van der Waals surface area (Å²) in [7, 11) is 0. The fourth-order valence-corrected chi connectivity index (χ4v) is 1.64. The summed E-state index contributed by atoms with van der Waals surface area (Å²) >= 11 is 0. The highest BCUT2D eigenvalue weighted by molar-refractivity contribution is 5.40. The molecular formula is C11H15N5O. The van der Waals surface area contributed by atoms with E-state index in [2.05, 4.69) is 15.5 Å². The van der Waals surface area contributed by atoms with Crippen molar-refractivity contribution in [1.82, 2.24) is 20.2 Å². The van der Waals surface area contributed by atoms with Crippen LogP contribution in [0.2, 0.25) is 0 Å². The molecule has 1 heterocycles. The lowest BCUT2D eigenvalue weighted by Gasteiger charge is -2.19. The van der Waals surface area contributed by atoms with Crippen LogP contribution in [0, 0.1) is 0 Å². The van der Waals surface area contributed by atoms with Gasteiger partial charge in [-0.2, -0.15) is 4.68 Å². The Morgan fingerprint density at radius 1 is 1.29 bits per heavy atom. The van der Waals surface area contributed by atoms with Gasteiger partial charge in [-0.15, -0.1) is 0 Å². The molecule has 2 rings (SSSR count). The van der Waals surface area contributed by atoms with Crippen molar-refractivity contribution in [3.63, 3.8) is 0 Å². The SMILES string of the molecule is CCN(CCO)c1nnnn1-c1ccccc1. The van der Waals surface area contributed by atoms with E-state index in [4.69, 9.17) is 5.11 Å². The van der Waals surface area contributed by atoms with E-state index in [-0.39, 0.29) is 6.61 Å². The molecule has 1 aromatic carbocycles. The fourth-order valence-electron chi connectivity index (χ4n) is 1.64. The number of aliphatic hydroxyl groups excluding tert-OH is 1. The number of hydrogen-bond donors (Lipinski definition) is 1. The van der Waals surface area contributed by atoms with Crippen LogP contribution >= 0.6 is 0 Å². The van der Waals surface area contributed by atoms with Gasteiger partial charge in [0.25, 0.3) is 0 Å². The van der Waals surface area contributed by atoms with Gasteiger partial charge in [-0.05, 0) is 29.5 Å². The van der Waals surface area contributed by atoms with E-state index in [1.807, 2.05) is 42.2 Å². The van der Waals surface area contributed by atoms with Crippen molar-refractivity contribution in [2.75, 3.05) is 24.6 Å². The Morgan fingerprint density at radius 3 is 2.71 bits per heavy atom. The number of anilines is 1. The van der Waals surface area contributed by atoms with Gasteiger partial charge in [0.05, 0.1) is 12.3 Å². The number of benzene rings is 1. The second-order valence-electron chi connectivity index (χ2n) is 3.53. The molecule has 0 aliphatic rings. The number of rotatable bonds is 5. The van der Waals surface area contributed by atoms with Crippen molar-refractivity contribution in [2.24, 2.45) is 0 Å². The third kappa shape index (κ3) is 2.42. The number of nitrogens with zero attached hydrogens (tertiary/aromatic N) is 5. The summed E-state index contributed by atoms with van der Waals surface area (Å²) in [5.74, 6) is 0.646. The van der Waals surface area contributed by atoms with Crippen molar-refractivity contribution in [1.29, 1.82) is 0 Å². The molecule has 0 radical (unpaired) electrons. The van der Waals surface area contributed by atoms with Gasteiger partial charge in [-0.3, -0.25) is 0 Å². The molecule has 0 saturated carbocycles. The quantitative estimate of drug-likeness (QED) is 0.813. The van der Waals surface area contributed by atoms with Gasteiger partial charge in [0.1, 0.15) is 0 Å². The van der Waals surface area contributed by atoms with Gasteiger partial charge in [0, 0.05) is 13.1 Å². The van der Waals surface area contributed by atoms with Crippen LogP contribution in [0.15, 0.2) is 30.3 Å². The normalized spacial score (nSPS) is 10.5. The molecular weight excluding hydrogens is 218 g/mol. The molecule has 6 heteroatoms. The minimum Gasteiger partial charge on any atom is -0.395 e. The average molecular weight is 233 g/mol. The lowest BCUT2D eigenvalue weighted by atomic mass is 10.3. The number of aromatic nitrogens is 4. The number of aliphatic hydroxyl groups is 1. The van der Waals surface area contributed by atoms with E-state index in [1.165, 1.54) is 0 Å². The van der Waals surface area contributed by atoms with Crippen LogP contribution in [-0.2, 0) is 0 Å². The lowest BCUT2D eigenvalue weighted by molar-refractivity contribution is 0.301. The van der Waals surface area contributed by atoms with Gasteiger partial charge < -0.3 is 10.0 Å². The van der Waals surface area contributed by atoms with Gasteiger partial charge in [0.2, 0.25) is 5.95 Å². The zero-order valence-electron chi connectivity index (χ0n) is 9.69. The van der Waals surface area contributed by atoms with E-state index < -0.39 is 0 Å². The van der Waals surface area contributed by atoms with Gasteiger partial charge >= 0.3 is 0 Å². The molecule has 0 fully saturated rings. The predicted octanol–water partition coefficient (Wildman–Crippen LogP) is 0.481. The maximum atomic E-state index is 9.01. The Kier molecular flexibility index (Phi) is 3.66. The highest BCUT2D eigenvalue weighted by atomic mass is 16.3. The Labute approximate surface area is 99.5 Å². The molecule has 0 spiro atoms. The summed E-state index contributed by atoms with van der Waals surface area (Å²) < 4.78 is 1.67. The van der Waals surface area contributed by atoms with Crippen molar-refractivity contribution in [3.8, 4) is 5.69 Å². The molecule has 1 N–H and O–H groups in total. The summed E-state index contributed by atoms with van der Waals surface area (Å²) in [6.45, 7) is 3.34. The summed E-state index contributed by atoms with van der Waals surface area (Å²) in [5, 5.41) is 20.7. The smallest absolute Gasteiger partial charge is 0.250 e. The third-order valence-corrected chi connectivity index (χ3v) is 2.49. The van der Waals surface area contributed by atoms with E-state index >= 15 is 0 Å². The zero-order valence-corrected chi connectivity index (χ0v) is 9.69. The third-order valence-electron chi connectivity index (χ3n) is 2.49. The second-order valence-corrected chi connectivity index (χ2v) is 3.53. The molecule has 0 bridgehead atoms. The fraction of sp³-hybridized carbons (Fsp3) is 0.364. The summed E-state index contributed by atoms with van der Waals surface area (Å²) in [6.07, 6.45) is 0. The Bertz CT molecular complexity index is 456. The number of para-hydroxylation sites is 1. The molecule has 2 aromatic rings. The van der Waals surface area contributed by atoms with Gasteiger partial charge in [-0.25, -0.2) is 0 Å². The molecule has 1 aromatic heterocycles. The monoisotopic (exact) mass is 233 g/mol. The first-order valence-electron chi connectivity index (χ1n) is 5.56. The molecule has 0 saturated heterocycles. The van der Waals surface area contributed by atoms with E-state index in [1.54, 1.807) is 4.68 Å². The first-order chi connectivity index (χ1) is 8.36. The number of likely N-dealkylation sites (N-methyl/N-ethyl adjacent to an activating group) is 1. The topological polar surface area (TPSA) is 67.1 Å². The Hall–Kier alpha value is -1.95. The van der Waals surface area contributed by atoms with Crippen LogP contribution in [-0.4, -0.2) is 45.0 Å². The number of hydrogen-bond acceptors (Lipinski definition) is 5. The van der Waals surface area contributed by atoms with E-state index in [9.17, 15) is 0 Å². The maximum Gasteiger partial charge on any atom is 0.250 e. The minimum absolute atomic E-state index is 0.0789. The molecule has 6 nitrogen and oxygen atoms in total. The molecule has 0 aliphatic carbocycles. The van der Waals surface area contributed by atoms with E-state index in [0.29, 0.717) is 12.5 Å². The minimum atomic E-state index is 0.0789. The zero-order chi connectivity index (χ0) is 12.1. The molecule has 0 aliphatic heterocycles.